The minimum Gasteiger partial charge on any atom is -0.493 e. The lowest BCUT2D eigenvalue weighted by Gasteiger charge is -2.33. The van der Waals surface area contributed by atoms with Crippen molar-refractivity contribution >= 4 is 34.1 Å². The lowest BCUT2D eigenvalue weighted by molar-refractivity contribution is 0.0543. The molecule has 0 bridgehead atoms. The molecule has 0 saturated carbocycles. The summed E-state index contributed by atoms with van der Waals surface area (Å²) in [6, 6.07) is 11.9. The van der Waals surface area contributed by atoms with E-state index in [2.05, 4.69) is 17.0 Å². The molecule has 0 spiro atoms. The fourth-order valence-electron chi connectivity index (χ4n) is 3.81. The average molecular weight is 470 g/mol. The number of methoxy groups -OCH3 is 2. The third kappa shape index (κ3) is 5.99. The smallest absolute Gasteiger partial charge is 0.410 e. The SMILES string of the molecule is CCN(CC)C(=O)OC1CCN(c2ccc(C=C(C#N)c3ccc(OC)c(OC)c3)s2)CC1. The van der Waals surface area contributed by atoms with Crippen LogP contribution < -0.4 is 14.4 Å². The van der Waals surface area contributed by atoms with Crippen LogP contribution in [-0.2, 0) is 4.74 Å². The number of hydrogen-bond donors (Lipinski definition) is 0. The summed E-state index contributed by atoms with van der Waals surface area (Å²) in [5.74, 6) is 1.22. The molecule has 1 aromatic heterocycles. The zero-order valence-corrected chi connectivity index (χ0v) is 20.5. The van der Waals surface area contributed by atoms with Crippen molar-refractivity contribution in [2.24, 2.45) is 0 Å². The van der Waals surface area contributed by atoms with E-state index in [0.29, 0.717) is 30.2 Å². The highest BCUT2D eigenvalue weighted by molar-refractivity contribution is 7.17. The molecule has 2 heterocycles. The van der Waals surface area contributed by atoms with Gasteiger partial charge in [0.25, 0.3) is 0 Å². The molecule has 1 amide bonds. The summed E-state index contributed by atoms with van der Waals surface area (Å²) in [5, 5.41) is 10.9. The topological polar surface area (TPSA) is 75.0 Å². The van der Waals surface area contributed by atoms with Gasteiger partial charge >= 0.3 is 6.09 Å². The first-order valence-corrected chi connectivity index (χ1v) is 12.0. The van der Waals surface area contributed by atoms with E-state index in [0.717, 1.165) is 41.4 Å². The van der Waals surface area contributed by atoms with Crippen LogP contribution in [0.1, 0.15) is 37.1 Å². The van der Waals surface area contributed by atoms with Crippen molar-refractivity contribution in [3.05, 3.63) is 40.8 Å². The van der Waals surface area contributed by atoms with Crippen LogP contribution in [0.25, 0.3) is 11.6 Å². The zero-order chi connectivity index (χ0) is 23.8. The summed E-state index contributed by atoms with van der Waals surface area (Å²) in [4.78, 5) is 17.2. The molecule has 33 heavy (non-hydrogen) atoms. The van der Waals surface area contributed by atoms with E-state index in [-0.39, 0.29) is 12.2 Å². The Hall–Kier alpha value is -3.18. The first-order chi connectivity index (χ1) is 16.0. The number of rotatable bonds is 8. The van der Waals surface area contributed by atoms with E-state index in [1.165, 1.54) is 0 Å². The van der Waals surface area contributed by atoms with Crippen molar-refractivity contribution in [1.29, 1.82) is 5.26 Å². The molecule has 0 unspecified atom stereocenters. The van der Waals surface area contributed by atoms with E-state index in [9.17, 15) is 10.1 Å². The first kappa shape index (κ1) is 24.5. The number of piperidine rings is 1. The quantitative estimate of drug-likeness (QED) is 0.490. The van der Waals surface area contributed by atoms with Gasteiger partial charge in [0.2, 0.25) is 0 Å². The number of anilines is 1. The number of thiophene rings is 1. The molecule has 3 rings (SSSR count). The van der Waals surface area contributed by atoms with Crippen LogP contribution in [0.15, 0.2) is 30.3 Å². The van der Waals surface area contributed by atoms with Gasteiger partial charge in [0.1, 0.15) is 6.10 Å². The highest BCUT2D eigenvalue weighted by Crippen LogP contribution is 2.34. The fraction of sp³-hybridized carbons (Fsp3) is 0.440. The van der Waals surface area contributed by atoms with Crippen LogP contribution in [0.2, 0.25) is 0 Å². The Labute approximate surface area is 199 Å². The van der Waals surface area contributed by atoms with Crippen molar-refractivity contribution in [3.8, 4) is 17.6 Å². The number of nitrogens with zero attached hydrogens (tertiary/aromatic N) is 3. The zero-order valence-electron chi connectivity index (χ0n) is 19.7. The van der Waals surface area contributed by atoms with E-state index in [1.807, 2.05) is 38.1 Å². The average Bonchev–Trinajstić information content (AvgIpc) is 3.32. The fourth-order valence-corrected chi connectivity index (χ4v) is 4.81. The Bertz CT molecular complexity index is 1010. The number of allylic oxidation sites excluding steroid dienone is 1. The second-order valence-corrected chi connectivity index (χ2v) is 8.75. The number of nitriles is 1. The van der Waals surface area contributed by atoms with Crippen LogP contribution in [0.4, 0.5) is 9.80 Å². The lowest BCUT2D eigenvalue weighted by Crippen LogP contribution is -2.40. The molecule has 1 fully saturated rings. The molecule has 0 aliphatic carbocycles. The number of amides is 1. The maximum atomic E-state index is 12.2. The molecule has 7 nitrogen and oxygen atoms in total. The van der Waals surface area contributed by atoms with Gasteiger partial charge in [-0.1, -0.05) is 0 Å². The van der Waals surface area contributed by atoms with Gasteiger partial charge in [-0.3, -0.25) is 0 Å². The van der Waals surface area contributed by atoms with E-state index >= 15 is 0 Å². The first-order valence-electron chi connectivity index (χ1n) is 11.2. The maximum absolute atomic E-state index is 12.2. The largest absolute Gasteiger partial charge is 0.493 e. The Morgan fingerprint density at radius 3 is 2.45 bits per heavy atom. The molecular weight excluding hydrogens is 438 g/mol. The van der Waals surface area contributed by atoms with Crippen LogP contribution in [0.3, 0.4) is 0 Å². The summed E-state index contributed by atoms with van der Waals surface area (Å²) < 4.78 is 16.3. The van der Waals surface area contributed by atoms with E-state index < -0.39 is 0 Å². The number of hydrogen-bond acceptors (Lipinski definition) is 7. The molecule has 1 aliphatic rings. The molecule has 176 valence electrons. The molecule has 1 saturated heterocycles. The van der Waals surface area contributed by atoms with Gasteiger partial charge in [0.05, 0.1) is 30.9 Å². The summed E-state index contributed by atoms with van der Waals surface area (Å²) in [7, 11) is 3.17. The molecule has 1 aliphatic heterocycles. The lowest BCUT2D eigenvalue weighted by atomic mass is 10.1. The second-order valence-electron chi connectivity index (χ2n) is 7.66. The van der Waals surface area contributed by atoms with Gasteiger partial charge in [-0.2, -0.15) is 5.26 Å². The monoisotopic (exact) mass is 469 g/mol. The minimum atomic E-state index is -0.221. The standard InChI is InChI=1S/C25H31N3O4S/c1-5-27(6-2)25(29)32-20-11-13-28(14-12-20)24-10-8-21(33-24)15-19(17-26)18-7-9-22(30-3)23(16-18)31-4/h7-10,15-16,20H,5-6,11-14H2,1-4H3. The molecule has 1 aromatic carbocycles. The summed E-state index contributed by atoms with van der Waals surface area (Å²) >= 11 is 1.65. The highest BCUT2D eigenvalue weighted by atomic mass is 32.1. The predicted octanol–water partition coefficient (Wildman–Crippen LogP) is 5.28. The number of ether oxygens (including phenoxy) is 3. The van der Waals surface area contributed by atoms with Gasteiger partial charge in [0, 0.05) is 43.9 Å². The molecule has 0 atom stereocenters. The van der Waals surface area contributed by atoms with Gasteiger partial charge in [-0.25, -0.2) is 4.79 Å². The van der Waals surface area contributed by atoms with E-state index in [4.69, 9.17) is 14.2 Å². The predicted molar refractivity (Wildman–Crippen MR) is 132 cm³/mol. The molecule has 8 heteroatoms. The minimum absolute atomic E-state index is 0.0380. The van der Waals surface area contributed by atoms with Crippen LogP contribution in [-0.4, -0.2) is 57.5 Å². The third-order valence-electron chi connectivity index (χ3n) is 5.76. The summed E-state index contributed by atoms with van der Waals surface area (Å²) in [5.41, 5.74) is 1.34. The molecule has 0 N–H and O–H groups in total. The van der Waals surface area contributed by atoms with Gasteiger partial charge in [-0.15, -0.1) is 11.3 Å². The molecule has 0 radical (unpaired) electrons. The van der Waals surface area contributed by atoms with E-state index in [1.54, 1.807) is 36.5 Å². The normalized spacial score (nSPS) is 14.5. The Kier molecular flexibility index (Phi) is 8.61. The Balaban J connectivity index is 1.65. The van der Waals surface area contributed by atoms with Crippen LogP contribution in [0.5, 0.6) is 11.5 Å². The number of carbonyl (C=O) groups is 1. The molecule has 2 aromatic rings. The number of carbonyl (C=O) groups excluding carboxylic acids is 1. The van der Waals surface area contributed by atoms with Gasteiger partial charge < -0.3 is 24.0 Å². The van der Waals surface area contributed by atoms with Crippen molar-refractivity contribution in [2.75, 3.05) is 45.3 Å². The van der Waals surface area contributed by atoms with Crippen LogP contribution in [0, 0.1) is 11.3 Å². The number of benzene rings is 1. The van der Waals surface area contributed by atoms with Crippen molar-refractivity contribution in [3.63, 3.8) is 0 Å². The second kappa shape index (κ2) is 11.6. The van der Waals surface area contributed by atoms with Gasteiger partial charge in [0.15, 0.2) is 11.5 Å². The van der Waals surface area contributed by atoms with Crippen molar-refractivity contribution < 1.29 is 19.0 Å². The Morgan fingerprint density at radius 1 is 1.15 bits per heavy atom. The highest BCUT2D eigenvalue weighted by Gasteiger charge is 2.24. The van der Waals surface area contributed by atoms with Crippen molar-refractivity contribution in [1.82, 2.24) is 4.90 Å². The summed E-state index contributed by atoms with van der Waals surface area (Å²) in [6.07, 6.45) is 3.26. The van der Waals surface area contributed by atoms with Gasteiger partial charge in [-0.05, 0) is 55.8 Å². The third-order valence-corrected chi connectivity index (χ3v) is 6.85. The molecular formula is C25H31N3O4S. The summed E-state index contributed by atoms with van der Waals surface area (Å²) in [6.45, 7) is 6.90. The Morgan fingerprint density at radius 2 is 1.85 bits per heavy atom. The van der Waals surface area contributed by atoms with Crippen molar-refractivity contribution in [2.45, 2.75) is 32.8 Å². The van der Waals surface area contributed by atoms with Crippen LogP contribution >= 0.6 is 11.3 Å². The maximum Gasteiger partial charge on any atom is 0.410 e.